The lowest BCUT2D eigenvalue weighted by Gasteiger charge is -2.29. The third kappa shape index (κ3) is 5.72. The number of benzene rings is 1. The lowest BCUT2D eigenvalue weighted by Crippen LogP contribution is -2.38. The number of nitrogens with one attached hydrogen (secondary N) is 2. The summed E-state index contributed by atoms with van der Waals surface area (Å²) in [6.45, 7) is 2.78. The minimum absolute atomic E-state index is 0.120. The molecule has 4 rings (SSSR count). The molecule has 1 saturated heterocycles. The monoisotopic (exact) mass is 508 g/mol. The maximum absolute atomic E-state index is 12.3. The van der Waals surface area contributed by atoms with Gasteiger partial charge in [0.1, 0.15) is 6.04 Å². The molecule has 3 heterocycles. The van der Waals surface area contributed by atoms with Crippen molar-refractivity contribution in [3.8, 4) is 17.3 Å². The number of nitrogens with zero attached hydrogens (tertiary/aromatic N) is 6. The molecular weight excluding hydrogens is 484 g/mol. The molecular formula is C24H25ClN8O3. The van der Waals surface area contributed by atoms with Gasteiger partial charge in [0.2, 0.25) is 5.95 Å². The normalized spacial score (nSPS) is 14.6. The highest BCUT2D eigenvalue weighted by Crippen LogP contribution is 2.28. The molecule has 36 heavy (non-hydrogen) atoms. The number of hydrogen-bond acceptors (Lipinski definition) is 7. The summed E-state index contributed by atoms with van der Waals surface area (Å²) in [5, 5.41) is 28.7. The molecule has 3 N–H and O–H groups in total. The first kappa shape index (κ1) is 24.9. The third-order valence-corrected chi connectivity index (χ3v) is 6.28. The van der Waals surface area contributed by atoms with E-state index in [1.54, 1.807) is 30.5 Å². The number of halogens is 1. The van der Waals surface area contributed by atoms with Crippen molar-refractivity contribution in [2.45, 2.75) is 38.3 Å². The number of carbonyl (C=O) groups excluding carboxylic acids is 1. The predicted molar refractivity (Wildman–Crippen MR) is 133 cm³/mol. The van der Waals surface area contributed by atoms with E-state index in [2.05, 4.69) is 25.7 Å². The molecule has 11 nitrogen and oxygen atoms in total. The van der Waals surface area contributed by atoms with E-state index in [0.717, 1.165) is 0 Å². The van der Waals surface area contributed by atoms with Crippen molar-refractivity contribution in [1.29, 1.82) is 5.26 Å². The number of likely N-dealkylation sites (tertiary alicyclic amines) is 1. The van der Waals surface area contributed by atoms with Crippen molar-refractivity contribution >= 4 is 35.2 Å². The molecule has 0 spiro atoms. The summed E-state index contributed by atoms with van der Waals surface area (Å²) in [6.07, 6.45) is 6.02. The fourth-order valence-electron chi connectivity index (χ4n) is 3.93. The van der Waals surface area contributed by atoms with Crippen LogP contribution in [0.15, 0.2) is 42.9 Å². The quantitative estimate of drug-likeness (QED) is 0.432. The van der Waals surface area contributed by atoms with Crippen LogP contribution >= 0.6 is 11.6 Å². The van der Waals surface area contributed by atoms with Gasteiger partial charge in [0.15, 0.2) is 0 Å². The number of carbonyl (C=O) groups is 2. The number of nitriles is 1. The largest absolute Gasteiger partial charge is 0.465 e. The van der Waals surface area contributed by atoms with Gasteiger partial charge in [0, 0.05) is 30.4 Å². The molecule has 0 saturated carbocycles. The summed E-state index contributed by atoms with van der Waals surface area (Å²) >= 11 is 6.35. The van der Waals surface area contributed by atoms with E-state index in [-0.39, 0.29) is 11.9 Å². The maximum atomic E-state index is 12.3. The Hall–Kier alpha value is -4.17. The first-order valence-electron chi connectivity index (χ1n) is 11.5. The van der Waals surface area contributed by atoms with Crippen LogP contribution in [0.1, 0.15) is 42.6 Å². The number of carboxylic acid groups (broad SMARTS) is 1. The average Bonchev–Trinajstić information content (AvgIpc) is 3.37. The topological polar surface area (TPSA) is 149 Å². The Morgan fingerprint density at radius 3 is 2.61 bits per heavy atom. The maximum Gasteiger partial charge on any atom is 0.407 e. The van der Waals surface area contributed by atoms with Gasteiger partial charge in [0.05, 0.1) is 40.9 Å². The van der Waals surface area contributed by atoms with E-state index in [0.29, 0.717) is 65.8 Å². The first-order valence-corrected chi connectivity index (χ1v) is 11.9. The van der Waals surface area contributed by atoms with Crippen LogP contribution in [0.3, 0.4) is 0 Å². The Morgan fingerprint density at radius 2 is 1.97 bits per heavy atom. The molecule has 1 aromatic carbocycles. The second-order valence-electron chi connectivity index (χ2n) is 8.37. The van der Waals surface area contributed by atoms with Crippen LogP contribution in [-0.4, -0.2) is 60.9 Å². The second kappa shape index (κ2) is 11.0. The van der Waals surface area contributed by atoms with Gasteiger partial charge in [-0.05, 0) is 31.4 Å². The summed E-state index contributed by atoms with van der Waals surface area (Å²) < 4.78 is 1.83. The highest BCUT2D eigenvalue weighted by molar-refractivity contribution is 6.32. The standard InChI is InChI=1S/C24H25ClN8O3/c1-2-17(11-26)29-22(34)16-5-3-15(4-6-16)21-20(25)13-27-23(31-21)30-18-12-28-33(14-18)19-7-9-32(10-8-19)24(35)36/h3-6,12-14,17,19H,2,7-10H2,1H3,(H,29,34)(H,35,36)(H,27,30,31). The fourth-order valence-corrected chi connectivity index (χ4v) is 4.13. The number of aromatic nitrogens is 4. The van der Waals surface area contributed by atoms with Gasteiger partial charge in [0.25, 0.3) is 5.91 Å². The zero-order chi connectivity index (χ0) is 25.7. The van der Waals surface area contributed by atoms with Crippen molar-refractivity contribution in [1.82, 2.24) is 30.0 Å². The third-order valence-electron chi connectivity index (χ3n) is 6.00. The molecule has 2 aromatic heterocycles. The van der Waals surface area contributed by atoms with Crippen molar-refractivity contribution in [3.05, 3.63) is 53.4 Å². The van der Waals surface area contributed by atoms with E-state index >= 15 is 0 Å². The van der Waals surface area contributed by atoms with E-state index in [1.165, 1.54) is 11.1 Å². The van der Waals surface area contributed by atoms with Gasteiger partial charge >= 0.3 is 6.09 Å². The molecule has 0 bridgehead atoms. The number of amides is 2. The van der Waals surface area contributed by atoms with Gasteiger partial charge in [-0.3, -0.25) is 9.48 Å². The van der Waals surface area contributed by atoms with Crippen LogP contribution in [0.4, 0.5) is 16.4 Å². The van der Waals surface area contributed by atoms with E-state index in [1.807, 2.05) is 23.9 Å². The van der Waals surface area contributed by atoms with Crippen molar-refractivity contribution in [3.63, 3.8) is 0 Å². The predicted octanol–water partition coefficient (Wildman–Crippen LogP) is 4.08. The minimum atomic E-state index is -0.894. The second-order valence-corrected chi connectivity index (χ2v) is 8.77. The minimum Gasteiger partial charge on any atom is -0.465 e. The van der Waals surface area contributed by atoms with Gasteiger partial charge < -0.3 is 20.6 Å². The molecule has 1 aliphatic rings. The molecule has 0 aliphatic carbocycles. The summed E-state index contributed by atoms with van der Waals surface area (Å²) in [5.74, 6) is 0.00742. The smallest absolute Gasteiger partial charge is 0.407 e. The van der Waals surface area contributed by atoms with Crippen molar-refractivity contribution in [2.75, 3.05) is 18.4 Å². The molecule has 12 heteroatoms. The Labute approximate surface area is 212 Å². The van der Waals surface area contributed by atoms with Crippen molar-refractivity contribution < 1.29 is 14.7 Å². The van der Waals surface area contributed by atoms with Gasteiger partial charge in [-0.15, -0.1) is 0 Å². The number of hydrogen-bond donors (Lipinski definition) is 3. The average molecular weight is 509 g/mol. The molecule has 1 fully saturated rings. The highest BCUT2D eigenvalue weighted by atomic mass is 35.5. The molecule has 1 atom stereocenters. The lowest BCUT2D eigenvalue weighted by atomic mass is 10.1. The van der Waals surface area contributed by atoms with Crippen molar-refractivity contribution in [2.24, 2.45) is 0 Å². The van der Waals surface area contributed by atoms with Crippen LogP contribution < -0.4 is 10.6 Å². The van der Waals surface area contributed by atoms with Crippen LogP contribution in [0.25, 0.3) is 11.3 Å². The first-order chi connectivity index (χ1) is 17.4. The van der Waals surface area contributed by atoms with E-state index < -0.39 is 12.1 Å². The Bertz CT molecular complexity index is 1280. The van der Waals surface area contributed by atoms with Gasteiger partial charge in [-0.2, -0.15) is 10.4 Å². The molecule has 2 amide bonds. The molecule has 186 valence electrons. The zero-order valence-electron chi connectivity index (χ0n) is 19.6. The van der Waals surface area contributed by atoms with Crippen LogP contribution in [0.2, 0.25) is 5.02 Å². The lowest BCUT2D eigenvalue weighted by molar-refractivity contribution is 0.0944. The number of anilines is 2. The molecule has 0 radical (unpaired) electrons. The summed E-state index contributed by atoms with van der Waals surface area (Å²) in [4.78, 5) is 33.6. The number of piperidine rings is 1. The Balaban J connectivity index is 1.44. The van der Waals surface area contributed by atoms with Crippen LogP contribution in [0, 0.1) is 11.3 Å². The van der Waals surface area contributed by atoms with Gasteiger partial charge in [-0.25, -0.2) is 14.8 Å². The molecule has 1 unspecified atom stereocenters. The van der Waals surface area contributed by atoms with Crippen LogP contribution in [0.5, 0.6) is 0 Å². The zero-order valence-corrected chi connectivity index (χ0v) is 20.3. The summed E-state index contributed by atoms with van der Waals surface area (Å²) in [5.41, 5.74) is 2.32. The Kier molecular flexibility index (Phi) is 7.65. The Morgan fingerprint density at radius 1 is 1.25 bits per heavy atom. The highest BCUT2D eigenvalue weighted by Gasteiger charge is 2.24. The SMILES string of the molecule is CCC(C#N)NC(=O)c1ccc(-c2nc(Nc3cnn(C4CCN(C(=O)O)CC4)c3)ncc2Cl)cc1. The van der Waals surface area contributed by atoms with Crippen LogP contribution in [-0.2, 0) is 0 Å². The molecule has 3 aromatic rings. The number of rotatable bonds is 7. The molecule has 1 aliphatic heterocycles. The van der Waals surface area contributed by atoms with E-state index in [4.69, 9.17) is 22.0 Å². The summed E-state index contributed by atoms with van der Waals surface area (Å²) in [6, 6.07) is 8.41. The summed E-state index contributed by atoms with van der Waals surface area (Å²) in [7, 11) is 0. The van der Waals surface area contributed by atoms with Gasteiger partial charge in [-0.1, -0.05) is 30.7 Å². The van der Waals surface area contributed by atoms with E-state index in [9.17, 15) is 9.59 Å². The fraction of sp³-hybridized carbons (Fsp3) is 0.333.